The van der Waals surface area contributed by atoms with E-state index in [0.717, 1.165) is 29.9 Å². The summed E-state index contributed by atoms with van der Waals surface area (Å²) in [5, 5.41) is 10.9. The van der Waals surface area contributed by atoms with Crippen molar-refractivity contribution in [1.82, 2.24) is 28.8 Å². The summed E-state index contributed by atoms with van der Waals surface area (Å²) in [5.74, 6) is 2.10. The van der Waals surface area contributed by atoms with Gasteiger partial charge < -0.3 is 10.6 Å². The van der Waals surface area contributed by atoms with Crippen LogP contribution in [-0.4, -0.2) is 58.1 Å². The molecule has 3 N–H and O–H groups in total. The third-order valence-electron chi connectivity index (χ3n) is 5.66. The lowest BCUT2D eigenvalue weighted by Crippen LogP contribution is -2.40. The van der Waals surface area contributed by atoms with Gasteiger partial charge in [0, 0.05) is 50.7 Å². The summed E-state index contributed by atoms with van der Waals surface area (Å²) in [6.07, 6.45) is 7.27. The van der Waals surface area contributed by atoms with Crippen LogP contribution in [-0.2, 0) is 17.3 Å². The van der Waals surface area contributed by atoms with E-state index in [2.05, 4.69) is 30.4 Å². The van der Waals surface area contributed by atoms with E-state index in [4.69, 9.17) is 0 Å². The second kappa shape index (κ2) is 7.88. The molecule has 29 heavy (non-hydrogen) atoms. The molecule has 158 valence electrons. The zero-order chi connectivity index (χ0) is 20.6. The first kappa shape index (κ1) is 20.0. The number of anilines is 3. The zero-order valence-corrected chi connectivity index (χ0v) is 17.8. The van der Waals surface area contributed by atoms with Crippen LogP contribution in [0.25, 0.3) is 0 Å². The Hall–Kier alpha value is -2.24. The quantitative estimate of drug-likeness (QED) is 0.617. The Balaban J connectivity index is 1.38. The van der Waals surface area contributed by atoms with Crippen LogP contribution in [0.3, 0.4) is 0 Å². The van der Waals surface area contributed by atoms with Gasteiger partial charge in [0.1, 0.15) is 5.82 Å². The van der Waals surface area contributed by atoms with E-state index in [1.807, 2.05) is 20.2 Å². The number of nitrogens with one attached hydrogen (secondary N) is 3. The van der Waals surface area contributed by atoms with Crippen molar-refractivity contribution in [1.29, 1.82) is 0 Å². The molecule has 1 saturated heterocycles. The fourth-order valence-corrected chi connectivity index (χ4v) is 5.62. The molecule has 2 aromatic heterocycles. The topological polar surface area (TPSA) is 117 Å². The van der Waals surface area contributed by atoms with Gasteiger partial charge in [-0.15, -0.1) is 0 Å². The highest BCUT2D eigenvalue weighted by atomic mass is 32.2. The van der Waals surface area contributed by atoms with Crippen molar-refractivity contribution in [2.24, 2.45) is 18.9 Å². The van der Waals surface area contributed by atoms with Crippen LogP contribution in [0.15, 0.2) is 18.6 Å². The third kappa shape index (κ3) is 4.36. The summed E-state index contributed by atoms with van der Waals surface area (Å²) in [4.78, 5) is 8.98. The molecule has 0 aromatic carbocycles. The number of aromatic nitrogens is 4. The highest BCUT2D eigenvalue weighted by Gasteiger charge is 2.44. The highest BCUT2D eigenvalue weighted by Crippen LogP contribution is 2.40. The molecule has 2 atom stereocenters. The predicted octanol–water partition coefficient (Wildman–Crippen LogP) is 1.24. The monoisotopic (exact) mass is 420 g/mol. The maximum Gasteiger partial charge on any atom is 0.279 e. The molecule has 11 heteroatoms. The molecule has 0 amide bonds. The molecule has 2 unspecified atom stereocenters. The van der Waals surface area contributed by atoms with Gasteiger partial charge in [-0.05, 0) is 31.6 Å². The van der Waals surface area contributed by atoms with E-state index in [-0.39, 0.29) is 6.04 Å². The van der Waals surface area contributed by atoms with Crippen LogP contribution in [0.1, 0.15) is 25.3 Å². The maximum atomic E-state index is 12.2. The predicted molar refractivity (Wildman–Crippen MR) is 111 cm³/mol. The second-order valence-electron chi connectivity index (χ2n) is 7.91. The minimum atomic E-state index is -3.34. The second-order valence-corrected chi connectivity index (χ2v) is 9.66. The molecule has 1 aliphatic carbocycles. The molecule has 1 aliphatic heterocycles. The SMILES string of the molecule is CCNS(=O)(=O)N1CC2CC(Nc3nc(Nc4cnn(C)c4)ncc3C)CC2C1. The Labute approximate surface area is 171 Å². The lowest BCUT2D eigenvalue weighted by Gasteiger charge is -2.20. The van der Waals surface area contributed by atoms with E-state index in [1.165, 1.54) is 0 Å². The normalized spacial score (nSPS) is 24.6. The summed E-state index contributed by atoms with van der Waals surface area (Å²) in [6, 6.07) is 0.286. The Morgan fingerprint density at radius 2 is 1.93 bits per heavy atom. The first-order chi connectivity index (χ1) is 13.8. The lowest BCUT2D eigenvalue weighted by molar-refractivity contribution is 0.432. The van der Waals surface area contributed by atoms with Gasteiger partial charge >= 0.3 is 0 Å². The molecule has 2 aliphatic rings. The average Bonchev–Trinajstić information content (AvgIpc) is 3.33. The van der Waals surface area contributed by atoms with Crippen molar-refractivity contribution < 1.29 is 8.42 Å². The van der Waals surface area contributed by atoms with Crippen molar-refractivity contribution in [3.8, 4) is 0 Å². The smallest absolute Gasteiger partial charge is 0.279 e. The summed E-state index contributed by atoms with van der Waals surface area (Å²) in [7, 11) is -1.48. The summed E-state index contributed by atoms with van der Waals surface area (Å²) >= 11 is 0. The molecule has 2 aromatic rings. The fourth-order valence-electron chi connectivity index (χ4n) is 4.30. The fraction of sp³-hybridized carbons (Fsp3) is 0.611. The molecule has 3 heterocycles. The number of rotatable bonds is 7. The van der Waals surface area contributed by atoms with Gasteiger partial charge in [0.25, 0.3) is 10.2 Å². The summed E-state index contributed by atoms with van der Waals surface area (Å²) in [6.45, 7) is 5.39. The molecule has 10 nitrogen and oxygen atoms in total. The molecule has 4 rings (SSSR count). The van der Waals surface area contributed by atoms with Crippen LogP contribution in [0.4, 0.5) is 17.5 Å². The van der Waals surface area contributed by atoms with Gasteiger partial charge in [0.15, 0.2) is 0 Å². The van der Waals surface area contributed by atoms with Crippen LogP contribution in [0.2, 0.25) is 0 Å². The lowest BCUT2D eigenvalue weighted by atomic mass is 10.0. The van der Waals surface area contributed by atoms with Gasteiger partial charge in [-0.3, -0.25) is 4.68 Å². The van der Waals surface area contributed by atoms with Crippen molar-refractivity contribution in [3.05, 3.63) is 24.2 Å². The van der Waals surface area contributed by atoms with Crippen LogP contribution >= 0.6 is 0 Å². The Morgan fingerprint density at radius 1 is 1.21 bits per heavy atom. The van der Waals surface area contributed by atoms with E-state index in [1.54, 1.807) is 28.3 Å². The molecule has 2 fully saturated rings. The number of hydrogen-bond acceptors (Lipinski definition) is 7. The molecular weight excluding hydrogens is 392 g/mol. The summed E-state index contributed by atoms with van der Waals surface area (Å²) in [5.41, 5.74) is 1.81. The van der Waals surface area contributed by atoms with Gasteiger partial charge in [-0.1, -0.05) is 6.92 Å². The summed E-state index contributed by atoms with van der Waals surface area (Å²) < 4.78 is 30.4. The van der Waals surface area contributed by atoms with Gasteiger partial charge in [0.2, 0.25) is 5.95 Å². The third-order valence-corrected chi connectivity index (χ3v) is 7.29. The number of nitrogens with zero attached hydrogens (tertiary/aromatic N) is 5. The Kier molecular flexibility index (Phi) is 5.45. The average molecular weight is 421 g/mol. The first-order valence-corrected chi connectivity index (χ1v) is 11.4. The van der Waals surface area contributed by atoms with Crippen molar-refractivity contribution in [2.45, 2.75) is 32.7 Å². The van der Waals surface area contributed by atoms with Crippen LogP contribution in [0.5, 0.6) is 0 Å². The minimum absolute atomic E-state index is 0.286. The highest BCUT2D eigenvalue weighted by molar-refractivity contribution is 7.87. The Bertz CT molecular complexity index is 962. The number of aryl methyl sites for hydroxylation is 2. The van der Waals surface area contributed by atoms with Crippen LogP contribution in [0, 0.1) is 18.8 Å². The molecule has 0 radical (unpaired) electrons. The Morgan fingerprint density at radius 3 is 2.55 bits per heavy atom. The molecular formula is C18H28N8O2S. The molecule has 0 bridgehead atoms. The molecule has 1 saturated carbocycles. The van der Waals surface area contributed by atoms with Crippen LogP contribution < -0.4 is 15.4 Å². The molecule has 0 spiro atoms. The van der Waals surface area contributed by atoms with Crippen molar-refractivity contribution in [2.75, 3.05) is 30.3 Å². The maximum absolute atomic E-state index is 12.2. The zero-order valence-electron chi connectivity index (χ0n) is 17.0. The van der Waals surface area contributed by atoms with E-state index < -0.39 is 10.2 Å². The van der Waals surface area contributed by atoms with Gasteiger partial charge in [0.05, 0.1) is 11.9 Å². The van der Waals surface area contributed by atoms with E-state index in [9.17, 15) is 8.42 Å². The first-order valence-electron chi connectivity index (χ1n) is 9.94. The number of fused-ring (bicyclic) bond motifs is 1. The van der Waals surface area contributed by atoms with E-state index >= 15 is 0 Å². The van der Waals surface area contributed by atoms with Crippen molar-refractivity contribution in [3.63, 3.8) is 0 Å². The van der Waals surface area contributed by atoms with Gasteiger partial charge in [-0.25, -0.2) is 9.71 Å². The number of hydrogen-bond donors (Lipinski definition) is 3. The largest absolute Gasteiger partial charge is 0.367 e. The van der Waals surface area contributed by atoms with Gasteiger partial charge in [-0.2, -0.15) is 22.8 Å². The van der Waals surface area contributed by atoms with E-state index in [0.29, 0.717) is 37.4 Å². The minimum Gasteiger partial charge on any atom is -0.367 e. The standard InChI is InChI=1S/C18H28N8O2S/c1-4-21-29(27,28)26-9-13-5-15(6-14(13)10-26)22-17-12(2)7-19-18(24-17)23-16-8-20-25(3)11-16/h7-8,11,13-15,21H,4-6,9-10H2,1-3H3,(H2,19,22,23,24). The van der Waals surface area contributed by atoms with Crippen molar-refractivity contribution >= 4 is 27.7 Å².